The first kappa shape index (κ1) is 17.5. The van der Waals surface area contributed by atoms with Crippen LogP contribution in [0.1, 0.15) is 11.1 Å². The van der Waals surface area contributed by atoms with E-state index < -0.39 is 0 Å². The maximum Gasteiger partial charge on any atom is 0.284 e. The van der Waals surface area contributed by atoms with Crippen LogP contribution in [0.2, 0.25) is 10.0 Å². The van der Waals surface area contributed by atoms with Crippen LogP contribution in [0, 0.1) is 11.3 Å². The van der Waals surface area contributed by atoms with Gasteiger partial charge < -0.3 is 0 Å². The van der Waals surface area contributed by atoms with Gasteiger partial charge in [-0.05, 0) is 47.5 Å². The highest BCUT2D eigenvalue weighted by Gasteiger charge is 2.24. The topological polar surface area (TPSA) is 53.2 Å². The molecule has 0 spiro atoms. The molecule has 1 aliphatic heterocycles. The molecule has 0 bridgehead atoms. The molecule has 1 amide bonds. The van der Waals surface area contributed by atoms with Crippen molar-refractivity contribution in [1.29, 1.82) is 5.26 Å². The SMILES string of the molecule is N#CC(=Cc1ccc(Cl)cc1)C1=NC(=O)C(=Cc2ccc(Cl)cc2)S1. The Hall–Kier alpha value is -2.32. The van der Waals surface area contributed by atoms with Gasteiger partial charge in [-0.25, -0.2) is 4.99 Å². The van der Waals surface area contributed by atoms with Gasteiger partial charge in [0.05, 0.1) is 10.5 Å². The van der Waals surface area contributed by atoms with E-state index in [0.29, 0.717) is 25.6 Å². The monoisotopic (exact) mass is 384 g/mol. The van der Waals surface area contributed by atoms with E-state index in [9.17, 15) is 10.1 Å². The summed E-state index contributed by atoms with van der Waals surface area (Å²) in [4.78, 5) is 16.6. The van der Waals surface area contributed by atoms with Crippen LogP contribution in [0.5, 0.6) is 0 Å². The van der Waals surface area contributed by atoms with Crippen molar-refractivity contribution in [3.8, 4) is 6.07 Å². The van der Waals surface area contributed by atoms with E-state index in [2.05, 4.69) is 11.1 Å². The highest BCUT2D eigenvalue weighted by molar-refractivity contribution is 8.19. The molecule has 3 rings (SSSR count). The van der Waals surface area contributed by atoms with Gasteiger partial charge in [-0.2, -0.15) is 5.26 Å². The summed E-state index contributed by atoms with van der Waals surface area (Å²) in [6.45, 7) is 0. The number of aliphatic imine (C=N–C) groups is 1. The number of amides is 1. The Morgan fingerprint density at radius 1 is 1.00 bits per heavy atom. The van der Waals surface area contributed by atoms with E-state index in [0.717, 1.165) is 11.1 Å². The quantitative estimate of drug-likeness (QED) is 0.510. The summed E-state index contributed by atoms with van der Waals surface area (Å²) >= 11 is 12.9. The predicted octanol–water partition coefficient (Wildman–Crippen LogP) is 5.61. The average molecular weight is 385 g/mol. The molecule has 0 aliphatic carbocycles. The van der Waals surface area contributed by atoms with Gasteiger partial charge in [0.25, 0.3) is 5.91 Å². The van der Waals surface area contributed by atoms with Gasteiger partial charge in [0, 0.05) is 10.0 Å². The van der Waals surface area contributed by atoms with Crippen LogP contribution < -0.4 is 0 Å². The highest BCUT2D eigenvalue weighted by atomic mass is 35.5. The average Bonchev–Trinajstić information content (AvgIpc) is 2.97. The standard InChI is InChI=1S/C19H10Cl2N2OS/c20-15-5-1-12(2-6-15)9-14(11-22)19-23-18(24)17(25-19)10-13-3-7-16(21)8-4-13/h1-10H. The Labute approximate surface area is 159 Å². The van der Waals surface area contributed by atoms with Crippen molar-refractivity contribution < 1.29 is 4.79 Å². The van der Waals surface area contributed by atoms with E-state index >= 15 is 0 Å². The zero-order valence-corrected chi connectivity index (χ0v) is 15.1. The number of hydrogen-bond donors (Lipinski definition) is 0. The molecule has 122 valence electrons. The molecule has 0 saturated heterocycles. The van der Waals surface area contributed by atoms with Crippen molar-refractivity contribution in [3.05, 3.63) is 80.2 Å². The molecular weight excluding hydrogens is 375 g/mol. The van der Waals surface area contributed by atoms with Crippen LogP contribution in [0.25, 0.3) is 12.2 Å². The van der Waals surface area contributed by atoms with Crippen molar-refractivity contribution in [2.75, 3.05) is 0 Å². The van der Waals surface area contributed by atoms with E-state index in [1.807, 2.05) is 12.1 Å². The molecule has 0 fully saturated rings. The number of nitrogens with zero attached hydrogens (tertiary/aromatic N) is 2. The fraction of sp³-hybridized carbons (Fsp3) is 0. The first-order chi connectivity index (χ1) is 12.0. The lowest BCUT2D eigenvalue weighted by Gasteiger charge is -1.99. The largest absolute Gasteiger partial charge is 0.284 e. The third-order valence-electron chi connectivity index (χ3n) is 3.32. The minimum atomic E-state index is -0.354. The molecule has 0 radical (unpaired) electrons. The lowest BCUT2D eigenvalue weighted by atomic mass is 10.1. The number of carbonyl (C=O) groups excluding carboxylic acids is 1. The molecule has 2 aromatic rings. The minimum absolute atomic E-state index is 0.333. The van der Waals surface area contributed by atoms with Crippen LogP contribution >= 0.6 is 35.0 Å². The molecule has 0 unspecified atom stereocenters. The molecule has 0 aromatic heterocycles. The normalized spacial score (nSPS) is 16.0. The number of benzene rings is 2. The maximum atomic E-state index is 12.1. The fourth-order valence-corrected chi connectivity index (χ4v) is 3.23. The minimum Gasteiger partial charge on any atom is -0.266 e. The number of halogens is 2. The summed E-state index contributed by atoms with van der Waals surface area (Å²) in [6.07, 6.45) is 3.41. The van der Waals surface area contributed by atoms with Crippen LogP contribution in [0.3, 0.4) is 0 Å². The highest BCUT2D eigenvalue weighted by Crippen LogP contribution is 2.32. The number of carbonyl (C=O) groups is 1. The van der Waals surface area contributed by atoms with Crippen molar-refractivity contribution in [2.45, 2.75) is 0 Å². The van der Waals surface area contributed by atoms with E-state index in [4.69, 9.17) is 23.2 Å². The smallest absolute Gasteiger partial charge is 0.266 e. The molecule has 1 aliphatic rings. The number of hydrogen-bond acceptors (Lipinski definition) is 3. The summed E-state index contributed by atoms with van der Waals surface area (Å²) in [5.41, 5.74) is 1.99. The fourth-order valence-electron chi connectivity index (χ4n) is 2.10. The summed E-state index contributed by atoms with van der Waals surface area (Å²) in [5.74, 6) is -0.354. The van der Waals surface area contributed by atoms with Crippen molar-refractivity contribution in [2.24, 2.45) is 4.99 Å². The predicted molar refractivity (Wildman–Crippen MR) is 105 cm³/mol. The van der Waals surface area contributed by atoms with Gasteiger partial charge in [0.2, 0.25) is 0 Å². The second kappa shape index (κ2) is 7.71. The van der Waals surface area contributed by atoms with Crippen molar-refractivity contribution in [1.82, 2.24) is 0 Å². The number of nitriles is 1. The molecule has 2 aromatic carbocycles. The van der Waals surface area contributed by atoms with Crippen LogP contribution in [-0.2, 0) is 4.79 Å². The van der Waals surface area contributed by atoms with Crippen LogP contribution in [-0.4, -0.2) is 11.0 Å². The Morgan fingerprint density at radius 3 is 2.12 bits per heavy atom. The Morgan fingerprint density at radius 2 is 1.56 bits per heavy atom. The van der Waals surface area contributed by atoms with E-state index in [-0.39, 0.29) is 5.91 Å². The summed E-state index contributed by atoms with van der Waals surface area (Å²) in [7, 11) is 0. The van der Waals surface area contributed by atoms with Crippen molar-refractivity contribution >= 4 is 58.1 Å². The summed E-state index contributed by atoms with van der Waals surface area (Å²) in [5, 5.41) is 11.0. The zero-order valence-electron chi connectivity index (χ0n) is 12.7. The van der Waals surface area contributed by atoms with Crippen molar-refractivity contribution in [3.63, 3.8) is 0 Å². The van der Waals surface area contributed by atoms with Gasteiger partial charge in [0.1, 0.15) is 11.1 Å². The second-order valence-corrected chi connectivity index (χ2v) is 7.01. The second-order valence-electron chi connectivity index (χ2n) is 5.11. The van der Waals surface area contributed by atoms with E-state index in [1.54, 1.807) is 48.6 Å². The van der Waals surface area contributed by atoms with Gasteiger partial charge >= 0.3 is 0 Å². The summed E-state index contributed by atoms with van der Waals surface area (Å²) < 4.78 is 0. The Kier molecular flexibility index (Phi) is 5.40. The molecular formula is C19H10Cl2N2OS. The molecule has 6 heteroatoms. The van der Waals surface area contributed by atoms with Gasteiger partial charge in [-0.15, -0.1) is 0 Å². The maximum absolute atomic E-state index is 12.1. The Balaban J connectivity index is 1.85. The third kappa shape index (κ3) is 4.40. The molecule has 0 atom stereocenters. The molecule has 0 saturated carbocycles. The van der Waals surface area contributed by atoms with Gasteiger partial charge in [-0.1, -0.05) is 59.2 Å². The number of thioether (sulfide) groups is 1. The van der Waals surface area contributed by atoms with Gasteiger partial charge in [0.15, 0.2) is 0 Å². The number of rotatable bonds is 3. The first-order valence-electron chi connectivity index (χ1n) is 7.21. The molecule has 3 nitrogen and oxygen atoms in total. The third-order valence-corrected chi connectivity index (χ3v) is 4.84. The summed E-state index contributed by atoms with van der Waals surface area (Å²) in [6, 6.07) is 16.3. The van der Waals surface area contributed by atoms with Crippen LogP contribution in [0.15, 0.2) is 64.0 Å². The van der Waals surface area contributed by atoms with E-state index in [1.165, 1.54) is 11.8 Å². The Bertz CT molecular complexity index is 952. The molecule has 25 heavy (non-hydrogen) atoms. The lowest BCUT2D eigenvalue weighted by Crippen LogP contribution is -1.92. The van der Waals surface area contributed by atoms with Gasteiger partial charge in [-0.3, -0.25) is 4.79 Å². The molecule has 1 heterocycles. The van der Waals surface area contributed by atoms with Crippen LogP contribution in [0.4, 0.5) is 0 Å². The zero-order chi connectivity index (χ0) is 17.8. The lowest BCUT2D eigenvalue weighted by molar-refractivity contribution is -0.113. The molecule has 0 N–H and O–H groups in total. The first-order valence-corrected chi connectivity index (χ1v) is 8.78.